The van der Waals surface area contributed by atoms with E-state index in [2.05, 4.69) is 20.3 Å². The number of amides is 1. The van der Waals surface area contributed by atoms with Gasteiger partial charge in [0.25, 0.3) is 0 Å². The molecule has 3 aromatic rings. The highest BCUT2D eigenvalue weighted by Crippen LogP contribution is 2.39. The van der Waals surface area contributed by atoms with Gasteiger partial charge in [0.05, 0.1) is 5.56 Å². The number of phenolic OH excluding ortho intramolecular Hbond substituents is 2. The number of aromatic nitrogens is 3. The van der Waals surface area contributed by atoms with Gasteiger partial charge < -0.3 is 15.9 Å². The van der Waals surface area contributed by atoms with Crippen molar-refractivity contribution in [3.8, 4) is 28.6 Å². The van der Waals surface area contributed by atoms with Crippen molar-refractivity contribution in [1.29, 1.82) is 0 Å². The number of phenols is 2. The Bertz CT molecular complexity index is 1260. The molecule has 4 N–H and O–H groups in total. The molecule has 1 aliphatic heterocycles. The highest BCUT2D eigenvalue weighted by molar-refractivity contribution is 5.76. The van der Waals surface area contributed by atoms with E-state index in [0.29, 0.717) is 29.2 Å². The molecule has 0 aliphatic carbocycles. The molecule has 2 heterocycles. The van der Waals surface area contributed by atoms with Crippen LogP contribution >= 0.6 is 0 Å². The first-order valence-corrected chi connectivity index (χ1v) is 12.7. The van der Waals surface area contributed by atoms with Gasteiger partial charge in [0.2, 0.25) is 5.91 Å². The second-order valence-corrected chi connectivity index (χ2v) is 9.95. The van der Waals surface area contributed by atoms with Crippen LogP contribution in [-0.2, 0) is 11.3 Å². The van der Waals surface area contributed by atoms with Crippen LogP contribution in [0.25, 0.3) is 17.1 Å². The summed E-state index contributed by atoms with van der Waals surface area (Å²) in [5.41, 5.74) is 8.36. The molecule has 1 aliphatic rings. The summed E-state index contributed by atoms with van der Waals surface area (Å²) >= 11 is 0. The van der Waals surface area contributed by atoms with E-state index in [1.165, 1.54) is 6.07 Å². The standard InChI is InChI=1S/C27H34N6O4/c1-4-22(31-37)27-30-29-26(21-13-20(16(2)3)23(34)14-24(21)35)33(27)19-7-5-17(6-8-19)15-32-11-9-18(10-12-32)25(28)36/h5-8,13-14,16,18,22,34-35H,4,9-12,15H2,1-3H3,(H2,28,36). The van der Waals surface area contributed by atoms with Gasteiger partial charge in [0, 0.05) is 24.2 Å². The predicted octanol–water partition coefficient (Wildman–Crippen LogP) is 4.38. The Labute approximate surface area is 216 Å². The molecule has 2 aromatic carbocycles. The molecule has 1 unspecified atom stereocenters. The average Bonchev–Trinajstić information content (AvgIpc) is 3.30. The largest absolute Gasteiger partial charge is 0.508 e. The predicted molar refractivity (Wildman–Crippen MR) is 140 cm³/mol. The maximum absolute atomic E-state index is 11.6. The number of carbonyl (C=O) groups excluding carboxylic acids is 1. The lowest BCUT2D eigenvalue weighted by Crippen LogP contribution is -2.38. The minimum atomic E-state index is -0.712. The van der Waals surface area contributed by atoms with Crippen molar-refractivity contribution >= 4 is 5.91 Å². The number of benzene rings is 2. The van der Waals surface area contributed by atoms with Crippen molar-refractivity contribution in [1.82, 2.24) is 19.7 Å². The Morgan fingerprint density at radius 1 is 1.11 bits per heavy atom. The molecule has 10 nitrogen and oxygen atoms in total. The Kier molecular flexibility index (Phi) is 7.87. The number of aromatic hydroxyl groups is 2. The second kappa shape index (κ2) is 11.1. The summed E-state index contributed by atoms with van der Waals surface area (Å²) < 4.78 is 1.74. The topological polar surface area (TPSA) is 147 Å². The Hall–Kier alpha value is -3.79. The van der Waals surface area contributed by atoms with Crippen LogP contribution in [0.4, 0.5) is 0 Å². The van der Waals surface area contributed by atoms with Crippen LogP contribution in [0, 0.1) is 10.8 Å². The maximum Gasteiger partial charge on any atom is 0.220 e. The number of hydrogen-bond donors (Lipinski definition) is 3. The van der Waals surface area contributed by atoms with Crippen molar-refractivity contribution in [2.45, 2.75) is 58.5 Å². The maximum atomic E-state index is 11.6. The zero-order valence-electron chi connectivity index (χ0n) is 21.5. The van der Waals surface area contributed by atoms with Crippen LogP contribution in [0.2, 0.25) is 0 Å². The molecule has 0 saturated carbocycles. The number of nitrogens with two attached hydrogens (primary N) is 1. The monoisotopic (exact) mass is 506 g/mol. The van der Waals surface area contributed by atoms with Crippen LogP contribution in [0.1, 0.15) is 68.9 Å². The molecule has 0 spiro atoms. The number of rotatable bonds is 9. The van der Waals surface area contributed by atoms with E-state index in [9.17, 15) is 19.9 Å². The minimum absolute atomic E-state index is 0.00717. The number of nitrogens with zero attached hydrogens (tertiary/aromatic N) is 5. The van der Waals surface area contributed by atoms with Gasteiger partial charge in [-0.15, -0.1) is 10.2 Å². The number of nitroso groups, excluding NO2 is 1. The fourth-order valence-electron chi connectivity index (χ4n) is 4.87. The summed E-state index contributed by atoms with van der Waals surface area (Å²) in [6, 6.07) is 10.2. The van der Waals surface area contributed by atoms with Gasteiger partial charge in [-0.25, -0.2) is 0 Å². The lowest BCUT2D eigenvalue weighted by molar-refractivity contribution is -0.123. The summed E-state index contributed by atoms with van der Waals surface area (Å²) in [6.45, 7) is 8.13. The molecular weight excluding hydrogens is 472 g/mol. The van der Waals surface area contributed by atoms with E-state index in [4.69, 9.17) is 5.73 Å². The molecule has 1 fully saturated rings. The van der Waals surface area contributed by atoms with Gasteiger partial charge in [0.1, 0.15) is 11.5 Å². The summed E-state index contributed by atoms with van der Waals surface area (Å²) in [5.74, 6) is 0.361. The molecule has 1 saturated heterocycles. The van der Waals surface area contributed by atoms with Crippen LogP contribution in [-0.4, -0.2) is 48.9 Å². The number of piperidine rings is 1. The summed E-state index contributed by atoms with van der Waals surface area (Å²) in [5, 5.41) is 32.9. The van der Waals surface area contributed by atoms with E-state index in [1.807, 2.05) is 45.0 Å². The first kappa shape index (κ1) is 26.3. The van der Waals surface area contributed by atoms with Gasteiger partial charge in [-0.05, 0) is 67.6 Å². The smallest absolute Gasteiger partial charge is 0.220 e. The summed E-state index contributed by atoms with van der Waals surface area (Å²) in [4.78, 5) is 25.4. The van der Waals surface area contributed by atoms with Crippen molar-refractivity contribution in [2.75, 3.05) is 13.1 Å². The van der Waals surface area contributed by atoms with Crippen molar-refractivity contribution in [2.24, 2.45) is 16.8 Å². The van der Waals surface area contributed by atoms with Crippen LogP contribution in [0.3, 0.4) is 0 Å². The second-order valence-electron chi connectivity index (χ2n) is 9.95. The zero-order valence-corrected chi connectivity index (χ0v) is 21.5. The van der Waals surface area contributed by atoms with Crippen molar-refractivity contribution < 1.29 is 15.0 Å². The van der Waals surface area contributed by atoms with Gasteiger partial charge in [-0.1, -0.05) is 38.1 Å². The van der Waals surface area contributed by atoms with Gasteiger partial charge in [-0.3, -0.25) is 14.3 Å². The highest BCUT2D eigenvalue weighted by Gasteiger charge is 2.26. The van der Waals surface area contributed by atoms with Gasteiger partial charge >= 0.3 is 0 Å². The van der Waals surface area contributed by atoms with E-state index in [0.717, 1.165) is 43.7 Å². The number of primary amides is 1. The van der Waals surface area contributed by atoms with E-state index in [-0.39, 0.29) is 29.2 Å². The van der Waals surface area contributed by atoms with E-state index in [1.54, 1.807) is 10.6 Å². The van der Waals surface area contributed by atoms with Crippen molar-refractivity contribution in [3.05, 3.63) is 58.3 Å². The van der Waals surface area contributed by atoms with Crippen LogP contribution in [0.5, 0.6) is 11.5 Å². The Morgan fingerprint density at radius 2 is 1.78 bits per heavy atom. The molecule has 196 valence electrons. The van der Waals surface area contributed by atoms with Gasteiger partial charge in [-0.2, -0.15) is 4.91 Å². The molecule has 4 rings (SSSR count). The molecule has 1 atom stereocenters. The zero-order chi connectivity index (χ0) is 26.7. The van der Waals surface area contributed by atoms with Crippen LogP contribution in [0.15, 0.2) is 41.6 Å². The molecule has 37 heavy (non-hydrogen) atoms. The molecule has 1 aromatic heterocycles. The summed E-state index contributed by atoms with van der Waals surface area (Å²) in [7, 11) is 0. The third-order valence-electron chi connectivity index (χ3n) is 7.10. The fourth-order valence-corrected chi connectivity index (χ4v) is 4.87. The normalized spacial score (nSPS) is 15.7. The Morgan fingerprint density at radius 3 is 2.35 bits per heavy atom. The molecular formula is C27H34N6O4. The fraction of sp³-hybridized carbons (Fsp3) is 0.444. The molecule has 1 amide bonds. The SMILES string of the molecule is CCC(N=O)c1nnc(-c2cc(C(C)C)c(O)cc2O)n1-c1ccc(CN2CCC(C(N)=O)CC2)cc1. The molecule has 0 bridgehead atoms. The van der Waals surface area contributed by atoms with E-state index < -0.39 is 6.04 Å². The lowest BCUT2D eigenvalue weighted by atomic mass is 9.96. The molecule has 10 heteroatoms. The van der Waals surface area contributed by atoms with Gasteiger partial charge in [0.15, 0.2) is 17.7 Å². The van der Waals surface area contributed by atoms with Crippen molar-refractivity contribution in [3.63, 3.8) is 0 Å². The first-order chi connectivity index (χ1) is 17.7. The number of carbonyl (C=O) groups is 1. The number of hydrogen-bond acceptors (Lipinski definition) is 8. The third kappa shape index (κ3) is 5.48. The minimum Gasteiger partial charge on any atom is -0.508 e. The summed E-state index contributed by atoms with van der Waals surface area (Å²) in [6.07, 6.45) is 1.98. The quantitative estimate of drug-likeness (QED) is 0.365. The lowest BCUT2D eigenvalue weighted by Gasteiger charge is -2.30. The number of likely N-dealkylation sites (tertiary alicyclic amines) is 1. The Balaban J connectivity index is 1.69. The van der Waals surface area contributed by atoms with E-state index >= 15 is 0 Å². The third-order valence-corrected chi connectivity index (χ3v) is 7.10. The highest BCUT2D eigenvalue weighted by atomic mass is 16.3. The van der Waals surface area contributed by atoms with Crippen LogP contribution < -0.4 is 5.73 Å². The first-order valence-electron chi connectivity index (χ1n) is 12.7. The average molecular weight is 507 g/mol. The molecule has 0 radical (unpaired) electrons.